The third-order valence-electron chi connectivity index (χ3n) is 4.05. The molecule has 0 aliphatic heterocycles. The van der Waals surface area contributed by atoms with E-state index in [1.54, 1.807) is 0 Å². The molecular weight excluding hydrogens is 370 g/mol. The minimum Gasteiger partial charge on any atom is -0.325 e. The number of anilines is 1. The number of thioether (sulfide) groups is 1. The lowest BCUT2D eigenvalue weighted by atomic mass is 10.1. The normalized spacial score (nSPS) is 11.2. The first kappa shape index (κ1) is 17.4. The monoisotopic (exact) mass is 384 g/mol. The van der Waals surface area contributed by atoms with Gasteiger partial charge in [-0.25, -0.2) is 8.78 Å². The van der Waals surface area contributed by atoms with Gasteiger partial charge in [-0.3, -0.25) is 9.20 Å². The number of carbonyl (C=O) groups is 1. The second-order valence-electron chi connectivity index (χ2n) is 6.02. The molecule has 0 saturated heterocycles. The van der Waals surface area contributed by atoms with Crippen molar-refractivity contribution in [3.8, 4) is 0 Å². The van der Waals surface area contributed by atoms with Crippen LogP contribution in [0.3, 0.4) is 0 Å². The highest BCUT2D eigenvalue weighted by molar-refractivity contribution is 7.99. The number of pyridine rings is 1. The van der Waals surface area contributed by atoms with E-state index in [2.05, 4.69) is 15.5 Å². The third kappa shape index (κ3) is 3.48. The topological polar surface area (TPSA) is 59.3 Å². The van der Waals surface area contributed by atoms with Crippen molar-refractivity contribution in [2.24, 2.45) is 0 Å². The van der Waals surface area contributed by atoms with Crippen LogP contribution in [0.5, 0.6) is 0 Å². The molecular formula is C19H14F2N4OS. The summed E-state index contributed by atoms with van der Waals surface area (Å²) in [6.07, 6.45) is 0. The highest BCUT2D eigenvalue weighted by Gasteiger charge is 2.13. The number of nitrogens with zero attached hydrogens (tertiary/aromatic N) is 3. The molecule has 2 heterocycles. The van der Waals surface area contributed by atoms with E-state index in [0.29, 0.717) is 10.8 Å². The van der Waals surface area contributed by atoms with Crippen LogP contribution in [-0.2, 0) is 4.79 Å². The molecule has 0 unspecified atom stereocenters. The highest BCUT2D eigenvalue weighted by atomic mass is 32.2. The van der Waals surface area contributed by atoms with Gasteiger partial charge in [-0.2, -0.15) is 0 Å². The molecule has 0 bridgehead atoms. The number of para-hydroxylation sites is 1. The van der Waals surface area contributed by atoms with Crippen molar-refractivity contribution in [2.45, 2.75) is 12.1 Å². The molecule has 5 nitrogen and oxygen atoms in total. The zero-order valence-electron chi connectivity index (χ0n) is 14.2. The molecule has 0 radical (unpaired) electrons. The molecule has 0 fully saturated rings. The summed E-state index contributed by atoms with van der Waals surface area (Å²) in [6, 6.07) is 12.7. The van der Waals surface area contributed by atoms with Gasteiger partial charge < -0.3 is 5.32 Å². The van der Waals surface area contributed by atoms with Crippen molar-refractivity contribution >= 4 is 39.9 Å². The van der Waals surface area contributed by atoms with E-state index >= 15 is 0 Å². The number of fused-ring (bicyclic) bond motifs is 3. The molecule has 8 heteroatoms. The second-order valence-corrected chi connectivity index (χ2v) is 6.96. The summed E-state index contributed by atoms with van der Waals surface area (Å²) in [7, 11) is 0. The molecule has 1 N–H and O–H groups in total. The average Bonchev–Trinajstić information content (AvgIpc) is 3.02. The largest absolute Gasteiger partial charge is 0.325 e. The quantitative estimate of drug-likeness (QED) is 0.536. The highest BCUT2D eigenvalue weighted by Crippen LogP contribution is 2.25. The van der Waals surface area contributed by atoms with Gasteiger partial charge in [0.05, 0.1) is 11.3 Å². The Labute approximate surface area is 157 Å². The van der Waals surface area contributed by atoms with Crippen molar-refractivity contribution in [3.05, 3.63) is 65.7 Å². The van der Waals surface area contributed by atoms with Crippen LogP contribution in [0.15, 0.2) is 53.7 Å². The van der Waals surface area contributed by atoms with E-state index < -0.39 is 17.5 Å². The Morgan fingerprint density at radius 3 is 2.63 bits per heavy atom. The molecule has 1 amide bonds. The van der Waals surface area contributed by atoms with Gasteiger partial charge in [-0.15, -0.1) is 10.2 Å². The maximum atomic E-state index is 13.2. The molecule has 136 valence electrons. The van der Waals surface area contributed by atoms with Crippen molar-refractivity contribution in [2.75, 3.05) is 11.1 Å². The van der Waals surface area contributed by atoms with Gasteiger partial charge in [0, 0.05) is 17.1 Å². The molecule has 2 aromatic carbocycles. The molecule has 0 aliphatic carbocycles. The Balaban J connectivity index is 1.57. The summed E-state index contributed by atoms with van der Waals surface area (Å²) in [6.45, 7) is 2.01. The van der Waals surface area contributed by atoms with Crippen LogP contribution < -0.4 is 5.32 Å². The number of hydrogen-bond donors (Lipinski definition) is 1. The molecule has 27 heavy (non-hydrogen) atoms. The van der Waals surface area contributed by atoms with Gasteiger partial charge in [0.2, 0.25) is 5.91 Å². The lowest BCUT2D eigenvalue weighted by Crippen LogP contribution is -2.14. The van der Waals surface area contributed by atoms with Crippen molar-refractivity contribution in [1.82, 2.24) is 14.6 Å². The van der Waals surface area contributed by atoms with Crippen LogP contribution >= 0.6 is 11.8 Å². The number of hydrogen-bond acceptors (Lipinski definition) is 4. The zero-order valence-corrected chi connectivity index (χ0v) is 15.1. The van der Waals surface area contributed by atoms with E-state index in [-0.39, 0.29) is 11.4 Å². The van der Waals surface area contributed by atoms with Crippen molar-refractivity contribution < 1.29 is 13.6 Å². The van der Waals surface area contributed by atoms with Crippen LogP contribution in [0.4, 0.5) is 14.5 Å². The van der Waals surface area contributed by atoms with E-state index in [1.165, 1.54) is 11.8 Å². The van der Waals surface area contributed by atoms with Crippen molar-refractivity contribution in [1.29, 1.82) is 0 Å². The molecule has 4 rings (SSSR count). The minimum atomic E-state index is -0.747. The van der Waals surface area contributed by atoms with E-state index in [1.807, 2.05) is 41.7 Å². The fourth-order valence-electron chi connectivity index (χ4n) is 2.92. The fraction of sp³-hybridized carbons (Fsp3) is 0.105. The lowest BCUT2D eigenvalue weighted by molar-refractivity contribution is -0.113. The Morgan fingerprint density at radius 2 is 1.85 bits per heavy atom. The first-order chi connectivity index (χ1) is 13.0. The predicted molar refractivity (Wildman–Crippen MR) is 101 cm³/mol. The van der Waals surface area contributed by atoms with Crippen molar-refractivity contribution in [3.63, 3.8) is 0 Å². The van der Waals surface area contributed by atoms with Gasteiger partial charge in [-0.05, 0) is 36.8 Å². The minimum absolute atomic E-state index is 0.0289. The second kappa shape index (κ2) is 6.96. The first-order valence-electron chi connectivity index (χ1n) is 8.13. The van der Waals surface area contributed by atoms with Crippen LogP contribution in [0.2, 0.25) is 0 Å². The van der Waals surface area contributed by atoms with Crippen LogP contribution in [-0.4, -0.2) is 26.3 Å². The molecule has 2 aromatic heterocycles. The number of rotatable bonds is 4. The van der Waals surface area contributed by atoms with Gasteiger partial charge >= 0.3 is 0 Å². The predicted octanol–water partition coefficient (Wildman–Crippen LogP) is 4.20. The maximum Gasteiger partial charge on any atom is 0.234 e. The average molecular weight is 384 g/mol. The number of benzene rings is 2. The summed E-state index contributed by atoms with van der Waals surface area (Å²) < 4.78 is 28.3. The summed E-state index contributed by atoms with van der Waals surface area (Å²) in [5.41, 5.74) is 2.81. The molecule has 0 spiro atoms. The van der Waals surface area contributed by atoms with Gasteiger partial charge in [0.1, 0.15) is 11.6 Å². The number of amides is 1. The number of carbonyl (C=O) groups excluding carboxylic acids is 1. The maximum absolute atomic E-state index is 13.2. The Morgan fingerprint density at radius 1 is 1.11 bits per heavy atom. The SMILES string of the molecule is Cc1cc2nnc(SCC(=O)Nc3cc(F)cc(F)c3)n2c2ccccc12. The van der Waals surface area contributed by atoms with Gasteiger partial charge in [0.25, 0.3) is 0 Å². The zero-order chi connectivity index (χ0) is 19.0. The van der Waals surface area contributed by atoms with E-state index in [4.69, 9.17) is 0 Å². The number of aryl methyl sites for hydroxylation is 1. The van der Waals surface area contributed by atoms with Crippen LogP contribution in [0.25, 0.3) is 16.6 Å². The molecule has 0 saturated carbocycles. The first-order valence-corrected chi connectivity index (χ1v) is 9.12. The standard InChI is InChI=1S/C19H14F2N4OS/c1-11-6-17-23-24-19(25(17)16-5-3-2-4-15(11)16)27-10-18(26)22-14-8-12(20)7-13(21)9-14/h2-9H,10H2,1H3,(H,22,26). The summed E-state index contributed by atoms with van der Waals surface area (Å²) in [4.78, 5) is 12.1. The number of nitrogens with one attached hydrogen (secondary N) is 1. The summed E-state index contributed by atoms with van der Waals surface area (Å²) in [5, 5.41) is 12.5. The molecule has 4 aromatic rings. The lowest BCUT2D eigenvalue weighted by Gasteiger charge is -2.08. The Bertz CT molecular complexity index is 1160. The Hall–Kier alpha value is -3.00. The Kier molecular flexibility index (Phi) is 4.49. The van der Waals surface area contributed by atoms with Gasteiger partial charge in [-0.1, -0.05) is 30.0 Å². The number of halogens is 2. The smallest absolute Gasteiger partial charge is 0.234 e. The third-order valence-corrected chi connectivity index (χ3v) is 4.98. The van der Waals surface area contributed by atoms with E-state index in [0.717, 1.165) is 34.7 Å². The van der Waals surface area contributed by atoms with Crippen LogP contribution in [0, 0.1) is 18.6 Å². The fourth-order valence-corrected chi connectivity index (χ4v) is 3.67. The van der Waals surface area contributed by atoms with Gasteiger partial charge in [0.15, 0.2) is 10.8 Å². The molecule has 0 aliphatic rings. The van der Waals surface area contributed by atoms with E-state index in [9.17, 15) is 13.6 Å². The summed E-state index contributed by atoms with van der Waals surface area (Å²) in [5.74, 6) is -1.86. The molecule has 0 atom stereocenters. The summed E-state index contributed by atoms with van der Waals surface area (Å²) >= 11 is 1.20. The number of aromatic nitrogens is 3. The van der Waals surface area contributed by atoms with Crippen LogP contribution in [0.1, 0.15) is 5.56 Å².